The highest BCUT2D eigenvalue weighted by atomic mass is 32.2. The van der Waals surface area contributed by atoms with Crippen LogP contribution in [0.15, 0.2) is 16.9 Å². The lowest BCUT2D eigenvalue weighted by molar-refractivity contribution is -0.149. The van der Waals surface area contributed by atoms with E-state index in [2.05, 4.69) is 10.5 Å². The summed E-state index contributed by atoms with van der Waals surface area (Å²) in [7, 11) is 1.43. The molecular formula is C14H19N3O6S. The van der Waals surface area contributed by atoms with E-state index in [9.17, 15) is 9.59 Å². The summed E-state index contributed by atoms with van der Waals surface area (Å²) in [6, 6.07) is -0.481. The normalized spacial score (nSPS) is 28.9. The van der Waals surface area contributed by atoms with Gasteiger partial charge < -0.3 is 19.4 Å². The number of amides is 1. The van der Waals surface area contributed by atoms with Gasteiger partial charge in [-0.05, 0) is 13.0 Å². The fourth-order valence-corrected chi connectivity index (χ4v) is 4.09. The van der Waals surface area contributed by atoms with Crippen molar-refractivity contribution in [2.45, 2.75) is 24.1 Å². The van der Waals surface area contributed by atoms with Crippen LogP contribution < -0.4 is 5.32 Å². The van der Waals surface area contributed by atoms with E-state index in [0.29, 0.717) is 24.7 Å². The van der Waals surface area contributed by atoms with Crippen LogP contribution >= 0.6 is 11.8 Å². The number of carboxylic acid groups (broad SMARTS) is 1. The van der Waals surface area contributed by atoms with Crippen molar-refractivity contribution >= 4 is 29.4 Å². The smallest absolute Gasteiger partial charge is 0.352 e. The molecule has 0 aromatic heterocycles. The van der Waals surface area contributed by atoms with Gasteiger partial charge in [0.25, 0.3) is 0 Å². The van der Waals surface area contributed by atoms with Gasteiger partial charge in [0.05, 0.1) is 13.2 Å². The van der Waals surface area contributed by atoms with Gasteiger partial charge in [0.15, 0.2) is 0 Å². The Morgan fingerprint density at radius 3 is 2.92 bits per heavy atom. The van der Waals surface area contributed by atoms with Gasteiger partial charge in [0.1, 0.15) is 29.9 Å². The van der Waals surface area contributed by atoms with Crippen molar-refractivity contribution in [2.24, 2.45) is 5.16 Å². The summed E-state index contributed by atoms with van der Waals surface area (Å²) in [5.74, 6) is -1.79. The van der Waals surface area contributed by atoms with Gasteiger partial charge in [0.2, 0.25) is 11.7 Å². The standard InChI is InChI=1S/C14H19N3O6S/c1-14(22-4-5-23-14)9(16-21-2)7-15-10-11(18)17-8(13(19)20)3-6-24-12(10)17/h3,10,12,15H,4-7H2,1-2H3,(H,19,20)/b16-9-/t10?,12-/m1/s1. The van der Waals surface area contributed by atoms with Crippen molar-refractivity contribution in [3.63, 3.8) is 0 Å². The van der Waals surface area contributed by atoms with Crippen LogP contribution in [0, 0.1) is 0 Å². The zero-order valence-electron chi connectivity index (χ0n) is 13.4. The third-order valence-corrected chi connectivity index (χ3v) is 5.30. The van der Waals surface area contributed by atoms with Gasteiger partial charge >= 0.3 is 5.97 Å². The molecule has 2 atom stereocenters. The Balaban J connectivity index is 1.65. The Morgan fingerprint density at radius 2 is 2.29 bits per heavy atom. The summed E-state index contributed by atoms with van der Waals surface area (Å²) in [6.45, 7) is 2.90. The number of hydrogen-bond donors (Lipinski definition) is 2. The number of fused-ring (bicyclic) bond motifs is 1. The third kappa shape index (κ3) is 2.90. The molecule has 2 N–H and O–H groups in total. The third-order valence-electron chi connectivity index (χ3n) is 4.12. The average Bonchev–Trinajstić information content (AvgIpc) is 3.00. The number of carbonyl (C=O) groups excluding carboxylic acids is 1. The molecule has 0 aromatic carbocycles. The molecule has 3 rings (SSSR count). The summed E-state index contributed by atoms with van der Waals surface area (Å²) >= 11 is 1.51. The maximum atomic E-state index is 12.3. The highest BCUT2D eigenvalue weighted by molar-refractivity contribution is 8.00. The van der Waals surface area contributed by atoms with Crippen LogP contribution in [0.1, 0.15) is 6.92 Å². The van der Waals surface area contributed by atoms with Gasteiger partial charge in [-0.25, -0.2) is 4.79 Å². The predicted octanol–water partition coefficient (Wildman–Crippen LogP) is -0.406. The number of β-lactam (4-membered cyclic amide) rings is 1. The van der Waals surface area contributed by atoms with E-state index in [1.807, 2.05) is 0 Å². The van der Waals surface area contributed by atoms with E-state index < -0.39 is 17.8 Å². The summed E-state index contributed by atoms with van der Waals surface area (Å²) in [6.07, 6.45) is 1.55. The first-order valence-electron chi connectivity index (χ1n) is 7.48. The molecule has 2 saturated heterocycles. The lowest BCUT2D eigenvalue weighted by atomic mass is 10.0. The van der Waals surface area contributed by atoms with Crippen molar-refractivity contribution in [2.75, 3.05) is 32.6 Å². The van der Waals surface area contributed by atoms with E-state index in [1.165, 1.54) is 23.8 Å². The van der Waals surface area contributed by atoms with Crippen LogP contribution in [0.4, 0.5) is 0 Å². The lowest BCUT2D eigenvalue weighted by Gasteiger charge is -2.48. The molecule has 0 aliphatic carbocycles. The number of rotatable bonds is 6. The zero-order valence-corrected chi connectivity index (χ0v) is 14.2. The van der Waals surface area contributed by atoms with E-state index in [1.54, 1.807) is 13.0 Å². The molecule has 3 aliphatic heterocycles. The van der Waals surface area contributed by atoms with Crippen LogP contribution in [0.5, 0.6) is 0 Å². The molecule has 2 fully saturated rings. The van der Waals surface area contributed by atoms with E-state index in [0.717, 1.165) is 0 Å². The first-order valence-corrected chi connectivity index (χ1v) is 8.53. The van der Waals surface area contributed by atoms with Crippen LogP contribution in [0.25, 0.3) is 0 Å². The summed E-state index contributed by atoms with van der Waals surface area (Å²) in [5.41, 5.74) is 0.533. The number of thioether (sulfide) groups is 1. The first-order chi connectivity index (χ1) is 11.5. The Morgan fingerprint density at radius 1 is 1.58 bits per heavy atom. The average molecular weight is 357 g/mol. The van der Waals surface area contributed by atoms with Crippen molar-refractivity contribution in [1.29, 1.82) is 0 Å². The Hall–Kier alpha value is -1.62. The molecule has 0 aromatic rings. The highest BCUT2D eigenvalue weighted by Gasteiger charge is 2.52. The maximum absolute atomic E-state index is 12.3. The quantitative estimate of drug-likeness (QED) is 0.375. The molecule has 132 valence electrons. The van der Waals surface area contributed by atoms with Crippen LogP contribution in [-0.4, -0.2) is 77.4 Å². The van der Waals surface area contributed by atoms with Crippen molar-refractivity contribution < 1.29 is 29.0 Å². The number of oxime groups is 1. The lowest BCUT2D eigenvalue weighted by Crippen LogP contribution is -2.70. The molecule has 3 heterocycles. The van der Waals surface area contributed by atoms with Gasteiger partial charge in [0, 0.05) is 12.3 Å². The Bertz CT molecular complexity index is 601. The summed E-state index contributed by atoms with van der Waals surface area (Å²) in [5, 5.41) is 16.0. The molecule has 0 bridgehead atoms. The Labute approximate surface area is 143 Å². The van der Waals surface area contributed by atoms with Gasteiger partial charge in [-0.2, -0.15) is 0 Å². The molecule has 0 radical (unpaired) electrons. The second-order valence-corrected chi connectivity index (χ2v) is 6.70. The van der Waals surface area contributed by atoms with Crippen molar-refractivity contribution in [1.82, 2.24) is 10.2 Å². The van der Waals surface area contributed by atoms with Gasteiger partial charge in [-0.15, -0.1) is 11.8 Å². The summed E-state index contributed by atoms with van der Waals surface area (Å²) in [4.78, 5) is 29.7. The number of carboxylic acids is 1. The van der Waals surface area contributed by atoms with Crippen molar-refractivity contribution in [3.8, 4) is 0 Å². The van der Waals surface area contributed by atoms with Crippen LogP contribution in [0.3, 0.4) is 0 Å². The van der Waals surface area contributed by atoms with Gasteiger partial charge in [-0.1, -0.05) is 5.16 Å². The predicted molar refractivity (Wildman–Crippen MR) is 85.4 cm³/mol. The second-order valence-electron chi connectivity index (χ2n) is 5.55. The van der Waals surface area contributed by atoms with E-state index in [4.69, 9.17) is 19.4 Å². The maximum Gasteiger partial charge on any atom is 0.352 e. The van der Waals surface area contributed by atoms with Crippen LogP contribution in [-0.2, 0) is 23.9 Å². The minimum Gasteiger partial charge on any atom is -0.477 e. The number of nitrogens with zero attached hydrogens (tertiary/aromatic N) is 2. The fraction of sp³-hybridized carbons (Fsp3) is 0.643. The number of nitrogens with one attached hydrogen (secondary N) is 1. The number of hydrogen-bond acceptors (Lipinski definition) is 8. The molecule has 9 nitrogen and oxygen atoms in total. The van der Waals surface area contributed by atoms with E-state index in [-0.39, 0.29) is 23.5 Å². The molecule has 10 heteroatoms. The fourth-order valence-electron chi connectivity index (χ4n) is 2.87. The number of aliphatic carboxylic acids is 1. The topological polar surface area (TPSA) is 110 Å². The molecule has 0 saturated carbocycles. The molecule has 1 unspecified atom stereocenters. The first kappa shape index (κ1) is 17.2. The summed E-state index contributed by atoms with van der Waals surface area (Å²) < 4.78 is 11.1. The molecule has 24 heavy (non-hydrogen) atoms. The largest absolute Gasteiger partial charge is 0.477 e. The molecular weight excluding hydrogens is 338 g/mol. The monoisotopic (exact) mass is 357 g/mol. The van der Waals surface area contributed by atoms with Crippen molar-refractivity contribution in [3.05, 3.63) is 11.8 Å². The van der Waals surface area contributed by atoms with Gasteiger partial charge in [-0.3, -0.25) is 15.0 Å². The zero-order chi connectivity index (χ0) is 17.3. The number of carbonyl (C=O) groups is 2. The van der Waals surface area contributed by atoms with Crippen LogP contribution in [0.2, 0.25) is 0 Å². The minimum absolute atomic E-state index is 0.0435. The number of ether oxygens (including phenoxy) is 2. The molecule has 0 spiro atoms. The molecule has 3 aliphatic rings. The van der Waals surface area contributed by atoms with E-state index >= 15 is 0 Å². The Kier molecular flexibility index (Phi) is 4.81. The second kappa shape index (κ2) is 6.71. The molecule has 1 amide bonds. The SMILES string of the molecule is CO/N=C(/CNC1C(=O)N2C(C(=O)O)=CCS[C@H]12)C1(C)OCCO1. The minimum atomic E-state index is -1.09. The highest BCUT2D eigenvalue weighted by Crippen LogP contribution is 2.37.